The molecule has 2 atom stereocenters. The minimum atomic E-state index is 0. The van der Waals surface area contributed by atoms with E-state index in [9.17, 15) is 4.79 Å². The lowest BCUT2D eigenvalue weighted by Gasteiger charge is -2.28. The van der Waals surface area contributed by atoms with Gasteiger partial charge in [0.25, 0.3) is 0 Å². The van der Waals surface area contributed by atoms with Crippen molar-refractivity contribution in [2.24, 2.45) is 5.92 Å². The van der Waals surface area contributed by atoms with Gasteiger partial charge in [-0.25, -0.2) is 0 Å². The van der Waals surface area contributed by atoms with Crippen LogP contribution in [-0.2, 0) is 11.2 Å². The second-order valence-electron chi connectivity index (χ2n) is 7.26. The first kappa shape index (κ1) is 18.3. The highest BCUT2D eigenvalue weighted by molar-refractivity contribution is 5.85. The molecule has 0 spiro atoms. The van der Waals surface area contributed by atoms with Crippen molar-refractivity contribution in [3.8, 4) is 11.5 Å². The van der Waals surface area contributed by atoms with E-state index in [-0.39, 0.29) is 18.3 Å². The maximum absolute atomic E-state index is 12.2. The SMILES string of the molecule is Cl.O=C(CC1CC2CCC(C1)N2)NCCc1ccc2c(c1)OCCO2. The van der Waals surface area contributed by atoms with E-state index in [0.29, 0.717) is 44.2 Å². The molecule has 4 rings (SSSR count). The molecule has 0 aliphatic carbocycles. The van der Waals surface area contributed by atoms with Gasteiger partial charge in [-0.2, -0.15) is 0 Å². The maximum Gasteiger partial charge on any atom is 0.220 e. The molecule has 0 saturated carbocycles. The van der Waals surface area contributed by atoms with Gasteiger partial charge in [0.05, 0.1) is 0 Å². The van der Waals surface area contributed by atoms with Crippen molar-refractivity contribution in [1.29, 1.82) is 0 Å². The van der Waals surface area contributed by atoms with Crippen LogP contribution in [0.5, 0.6) is 11.5 Å². The van der Waals surface area contributed by atoms with Crippen LogP contribution in [0, 0.1) is 5.92 Å². The Morgan fingerprint density at radius 3 is 2.60 bits per heavy atom. The Hall–Kier alpha value is -1.46. The number of hydrogen-bond acceptors (Lipinski definition) is 4. The molecule has 2 saturated heterocycles. The van der Waals surface area contributed by atoms with Gasteiger partial charge in [-0.3, -0.25) is 4.79 Å². The minimum absolute atomic E-state index is 0. The average Bonchev–Trinajstić information content (AvgIpc) is 2.93. The molecule has 2 unspecified atom stereocenters. The fourth-order valence-electron chi connectivity index (χ4n) is 4.27. The molecule has 1 aromatic carbocycles. The number of fused-ring (bicyclic) bond motifs is 3. The molecule has 138 valence electrons. The molecular weight excluding hydrogens is 340 g/mol. The fourth-order valence-corrected chi connectivity index (χ4v) is 4.27. The summed E-state index contributed by atoms with van der Waals surface area (Å²) in [6, 6.07) is 7.32. The summed E-state index contributed by atoms with van der Waals surface area (Å²) in [7, 11) is 0. The second kappa shape index (κ2) is 8.28. The Morgan fingerprint density at radius 2 is 1.84 bits per heavy atom. The van der Waals surface area contributed by atoms with E-state index in [4.69, 9.17) is 9.47 Å². The third kappa shape index (κ3) is 4.59. The topological polar surface area (TPSA) is 59.6 Å². The number of piperidine rings is 1. The Morgan fingerprint density at radius 1 is 1.12 bits per heavy atom. The van der Waals surface area contributed by atoms with Crippen LogP contribution in [0.4, 0.5) is 0 Å². The molecule has 3 heterocycles. The van der Waals surface area contributed by atoms with Crippen LogP contribution in [-0.4, -0.2) is 37.7 Å². The number of ether oxygens (including phenoxy) is 2. The van der Waals surface area contributed by atoms with Crippen molar-refractivity contribution in [3.63, 3.8) is 0 Å². The van der Waals surface area contributed by atoms with Crippen molar-refractivity contribution in [3.05, 3.63) is 23.8 Å². The molecule has 2 N–H and O–H groups in total. The highest BCUT2D eigenvalue weighted by atomic mass is 35.5. The quantitative estimate of drug-likeness (QED) is 0.840. The summed E-state index contributed by atoms with van der Waals surface area (Å²) in [5, 5.41) is 6.71. The molecule has 2 fully saturated rings. The van der Waals surface area contributed by atoms with Crippen LogP contribution in [0.2, 0.25) is 0 Å². The van der Waals surface area contributed by atoms with Crippen LogP contribution < -0.4 is 20.1 Å². The zero-order valence-corrected chi connectivity index (χ0v) is 15.3. The molecule has 1 aromatic rings. The first-order valence-electron chi connectivity index (χ1n) is 9.17. The summed E-state index contributed by atoms with van der Waals surface area (Å²) in [6.07, 6.45) is 6.38. The summed E-state index contributed by atoms with van der Waals surface area (Å²) in [6.45, 7) is 1.89. The van der Waals surface area contributed by atoms with Gasteiger partial charge in [-0.1, -0.05) is 6.07 Å². The molecule has 5 nitrogen and oxygen atoms in total. The third-order valence-electron chi connectivity index (χ3n) is 5.39. The van der Waals surface area contributed by atoms with Crippen molar-refractivity contribution in [2.45, 2.75) is 50.6 Å². The number of hydrogen-bond donors (Lipinski definition) is 2. The Balaban J connectivity index is 0.00000182. The van der Waals surface area contributed by atoms with Crippen LogP contribution in [0.15, 0.2) is 18.2 Å². The first-order chi connectivity index (χ1) is 11.8. The Kier molecular flexibility index (Phi) is 6.07. The number of rotatable bonds is 5. The standard InChI is InChI=1S/C19H26N2O3.ClH/c22-19(12-14-9-15-2-3-16(10-14)21-15)20-6-5-13-1-4-17-18(11-13)24-8-7-23-17;/h1,4,11,14-16,21H,2-3,5-10,12H2,(H,20,22);1H. The number of carbonyl (C=O) groups is 1. The monoisotopic (exact) mass is 366 g/mol. The molecule has 2 bridgehead atoms. The van der Waals surface area contributed by atoms with E-state index in [2.05, 4.69) is 10.6 Å². The van der Waals surface area contributed by atoms with E-state index < -0.39 is 0 Å². The highest BCUT2D eigenvalue weighted by Crippen LogP contribution is 2.33. The van der Waals surface area contributed by atoms with Crippen molar-refractivity contribution < 1.29 is 14.3 Å². The maximum atomic E-state index is 12.2. The van der Waals surface area contributed by atoms with Gasteiger partial charge in [0, 0.05) is 25.0 Å². The van der Waals surface area contributed by atoms with Gasteiger partial charge in [0.15, 0.2) is 11.5 Å². The number of benzene rings is 1. The number of halogens is 1. The predicted molar refractivity (Wildman–Crippen MR) is 98.7 cm³/mol. The number of nitrogens with one attached hydrogen (secondary N) is 2. The van der Waals surface area contributed by atoms with E-state index in [1.807, 2.05) is 18.2 Å². The molecule has 0 aromatic heterocycles. The van der Waals surface area contributed by atoms with E-state index >= 15 is 0 Å². The summed E-state index contributed by atoms with van der Waals surface area (Å²) in [5.74, 6) is 2.38. The van der Waals surface area contributed by atoms with Gasteiger partial charge in [0.1, 0.15) is 13.2 Å². The van der Waals surface area contributed by atoms with E-state index in [0.717, 1.165) is 30.8 Å². The largest absolute Gasteiger partial charge is 0.486 e. The van der Waals surface area contributed by atoms with Gasteiger partial charge in [-0.05, 0) is 55.7 Å². The van der Waals surface area contributed by atoms with Crippen molar-refractivity contribution in [1.82, 2.24) is 10.6 Å². The zero-order valence-electron chi connectivity index (χ0n) is 14.5. The predicted octanol–water partition coefficient (Wildman–Crippen LogP) is 2.46. The smallest absolute Gasteiger partial charge is 0.220 e. The summed E-state index contributed by atoms with van der Waals surface area (Å²) < 4.78 is 11.1. The molecular formula is C19H27ClN2O3. The fraction of sp³-hybridized carbons (Fsp3) is 0.632. The highest BCUT2D eigenvalue weighted by Gasteiger charge is 2.34. The summed E-state index contributed by atoms with van der Waals surface area (Å²) in [5.41, 5.74) is 1.17. The van der Waals surface area contributed by atoms with Gasteiger partial charge < -0.3 is 20.1 Å². The lowest BCUT2D eigenvalue weighted by atomic mass is 9.89. The second-order valence-corrected chi connectivity index (χ2v) is 7.26. The normalized spacial score (nSPS) is 26.6. The Bertz CT molecular complexity index is 598. The molecule has 6 heteroatoms. The van der Waals surface area contributed by atoms with Crippen LogP contribution in [0.3, 0.4) is 0 Å². The lowest BCUT2D eigenvalue weighted by molar-refractivity contribution is -0.122. The van der Waals surface area contributed by atoms with E-state index in [1.165, 1.54) is 18.4 Å². The van der Waals surface area contributed by atoms with Crippen LogP contribution in [0.1, 0.15) is 37.7 Å². The minimum Gasteiger partial charge on any atom is -0.486 e. The molecule has 1 amide bonds. The molecule has 3 aliphatic rings. The van der Waals surface area contributed by atoms with Gasteiger partial charge in [-0.15, -0.1) is 12.4 Å². The van der Waals surface area contributed by atoms with Gasteiger partial charge >= 0.3 is 0 Å². The van der Waals surface area contributed by atoms with Crippen LogP contribution in [0.25, 0.3) is 0 Å². The van der Waals surface area contributed by atoms with Gasteiger partial charge in [0.2, 0.25) is 5.91 Å². The van der Waals surface area contributed by atoms with Crippen molar-refractivity contribution >= 4 is 18.3 Å². The summed E-state index contributed by atoms with van der Waals surface area (Å²) >= 11 is 0. The first-order valence-corrected chi connectivity index (χ1v) is 9.17. The summed E-state index contributed by atoms with van der Waals surface area (Å²) in [4.78, 5) is 12.2. The lowest BCUT2D eigenvalue weighted by Crippen LogP contribution is -2.39. The Labute approximate surface area is 155 Å². The third-order valence-corrected chi connectivity index (χ3v) is 5.39. The molecule has 25 heavy (non-hydrogen) atoms. The molecule has 0 radical (unpaired) electrons. The van der Waals surface area contributed by atoms with Crippen molar-refractivity contribution in [2.75, 3.05) is 19.8 Å². The zero-order chi connectivity index (χ0) is 16.4. The molecule has 3 aliphatic heterocycles. The number of carbonyl (C=O) groups excluding carboxylic acids is 1. The van der Waals surface area contributed by atoms with Crippen LogP contribution >= 0.6 is 12.4 Å². The average molecular weight is 367 g/mol. The van der Waals surface area contributed by atoms with E-state index in [1.54, 1.807) is 0 Å². The number of amides is 1.